The van der Waals surface area contributed by atoms with E-state index in [4.69, 9.17) is 11.6 Å². The van der Waals surface area contributed by atoms with Gasteiger partial charge in [0.2, 0.25) is 0 Å². The van der Waals surface area contributed by atoms with E-state index < -0.39 is 9.84 Å². The smallest absolute Gasteiger partial charge is 0.178 e. The fourth-order valence-electron chi connectivity index (χ4n) is 1.58. The summed E-state index contributed by atoms with van der Waals surface area (Å²) in [6.07, 6.45) is 0. The summed E-state index contributed by atoms with van der Waals surface area (Å²) in [7, 11) is -3.12. The van der Waals surface area contributed by atoms with E-state index in [1.807, 2.05) is 11.4 Å². The molecule has 0 saturated carbocycles. The first kappa shape index (κ1) is 14.4. The number of anilines is 1. The molecule has 6 heteroatoms. The Morgan fingerprint density at radius 3 is 2.47 bits per heavy atom. The third-order valence-electron chi connectivity index (χ3n) is 2.68. The van der Waals surface area contributed by atoms with Gasteiger partial charge < -0.3 is 5.32 Å². The molecule has 0 unspecified atom stereocenters. The largest absolute Gasteiger partial charge is 0.380 e. The summed E-state index contributed by atoms with van der Waals surface area (Å²) >= 11 is 7.43. The Hall–Kier alpha value is -1.04. The van der Waals surface area contributed by atoms with Crippen molar-refractivity contribution in [2.45, 2.75) is 18.4 Å². The molecule has 0 aliphatic rings. The minimum atomic E-state index is -3.12. The molecule has 0 fully saturated rings. The highest BCUT2D eigenvalue weighted by Gasteiger charge is 2.10. The number of nitrogens with one attached hydrogen (secondary N) is 1. The van der Waals surface area contributed by atoms with Gasteiger partial charge in [-0.05, 0) is 30.3 Å². The van der Waals surface area contributed by atoms with Crippen LogP contribution in [0.4, 0.5) is 5.69 Å². The second-order valence-corrected chi connectivity index (χ2v) is 7.72. The zero-order valence-corrected chi connectivity index (χ0v) is 12.8. The van der Waals surface area contributed by atoms with Gasteiger partial charge in [0, 0.05) is 22.5 Å². The summed E-state index contributed by atoms with van der Waals surface area (Å²) in [6.45, 7) is 2.32. The van der Waals surface area contributed by atoms with Crippen molar-refractivity contribution in [3.63, 3.8) is 0 Å². The fourth-order valence-corrected chi connectivity index (χ4v) is 3.48. The van der Waals surface area contributed by atoms with E-state index in [-0.39, 0.29) is 5.75 Å². The molecular formula is C13H14ClNO2S2. The average Bonchev–Trinajstić information content (AvgIpc) is 2.83. The molecule has 0 atom stereocenters. The lowest BCUT2D eigenvalue weighted by molar-refractivity contribution is 0.597. The molecular weight excluding hydrogens is 302 g/mol. The maximum atomic E-state index is 11.7. The van der Waals surface area contributed by atoms with Crippen LogP contribution in [0, 0.1) is 0 Å². The summed E-state index contributed by atoms with van der Waals surface area (Å²) in [6, 6.07) is 8.72. The maximum Gasteiger partial charge on any atom is 0.178 e. The number of hydrogen-bond donors (Lipinski definition) is 1. The van der Waals surface area contributed by atoms with Crippen LogP contribution in [-0.2, 0) is 16.4 Å². The molecule has 0 aliphatic heterocycles. The van der Waals surface area contributed by atoms with Gasteiger partial charge in [-0.15, -0.1) is 11.3 Å². The van der Waals surface area contributed by atoms with Crippen LogP contribution in [0.25, 0.3) is 0 Å². The minimum Gasteiger partial charge on any atom is -0.380 e. The van der Waals surface area contributed by atoms with Gasteiger partial charge >= 0.3 is 0 Å². The zero-order valence-electron chi connectivity index (χ0n) is 10.4. The van der Waals surface area contributed by atoms with Crippen molar-refractivity contribution < 1.29 is 8.42 Å². The first-order chi connectivity index (χ1) is 9.01. The Bertz CT molecular complexity index is 648. The van der Waals surface area contributed by atoms with Crippen LogP contribution < -0.4 is 5.32 Å². The van der Waals surface area contributed by atoms with Crippen molar-refractivity contribution in [3.05, 3.63) is 45.6 Å². The lowest BCUT2D eigenvalue weighted by Crippen LogP contribution is -2.04. The predicted octanol–water partition coefficient (Wildman–Crippen LogP) is 3.81. The minimum absolute atomic E-state index is 0.119. The van der Waals surface area contributed by atoms with Gasteiger partial charge in [-0.1, -0.05) is 18.5 Å². The van der Waals surface area contributed by atoms with Gasteiger partial charge in [-0.3, -0.25) is 0 Å². The number of benzene rings is 1. The monoisotopic (exact) mass is 315 g/mol. The molecule has 0 spiro atoms. The summed E-state index contributed by atoms with van der Waals surface area (Å²) < 4.78 is 23.3. The standard InChI is InChI=1S/C13H14ClNO2S2/c1-2-19(16,17)13-5-3-11(4-6-13)15-8-12-7-10(14)9-18-12/h3-7,9,15H,2,8H2,1H3. The maximum absolute atomic E-state index is 11.7. The molecule has 2 rings (SSSR count). The number of hydrogen-bond acceptors (Lipinski definition) is 4. The third-order valence-corrected chi connectivity index (χ3v) is 5.72. The molecule has 1 aromatic carbocycles. The van der Waals surface area contributed by atoms with Crippen LogP contribution in [-0.4, -0.2) is 14.2 Å². The number of thiophene rings is 1. The first-order valence-electron chi connectivity index (χ1n) is 5.81. The van der Waals surface area contributed by atoms with E-state index in [9.17, 15) is 8.42 Å². The summed E-state index contributed by atoms with van der Waals surface area (Å²) in [5, 5.41) is 5.85. The Balaban J connectivity index is 2.03. The van der Waals surface area contributed by atoms with Crippen molar-refractivity contribution in [1.29, 1.82) is 0 Å². The topological polar surface area (TPSA) is 46.2 Å². The molecule has 0 radical (unpaired) electrons. The molecule has 1 N–H and O–H groups in total. The second-order valence-electron chi connectivity index (χ2n) is 4.01. The van der Waals surface area contributed by atoms with Gasteiger partial charge in [0.1, 0.15) is 0 Å². The third kappa shape index (κ3) is 3.72. The van der Waals surface area contributed by atoms with Crippen LogP contribution in [0.3, 0.4) is 0 Å². The molecule has 1 aromatic heterocycles. The van der Waals surface area contributed by atoms with Crippen LogP contribution in [0.1, 0.15) is 11.8 Å². The SMILES string of the molecule is CCS(=O)(=O)c1ccc(NCc2cc(Cl)cs2)cc1. The van der Waals surface area contributed by atoms with E-state index in [1.54, 1.807) is 42.5 Å². The summed E-state index contributed by atoms with van der Waals surface area (Å²) in [5.74, 6) is 0.119. The van der Waals surface area contributed by atoms with Gasteiger partial charge in [0.15, 0.2) is 9.84 Å². The van der Waals surface area contributed by atoms with Gasteiger partial charge in [0.05, 0.1) is 15.7 Å². The number of halogens is 1. The van der Waals surface area contributed by atoms with Crippen molar-refractivity contribution in [3.8, 4) is 0 Å². The molecule has 2 aromatic rings. The lowest BCUT2D eigenvalue weighted by Gasteiger charge is -2.06. The van der Waals surface area contributed by atoms with Crippen molar-refractivity contribution in [2.75, 3.05) is 11.1 Å². The van der Waals surface area contributed by atoms with Crippen LogP contribution >= 0.6 is 22.9 Å². The highest BCUT2D eigenvalue weighted by molar-refractivity contribution is 7.91. The first-order valence-corrected chi connectivity index (χ1v) is 8.72. The number of sulfone groups is 1. The second kappa shape index (κ2) is 5.94. The van der Waals surface area contributed by atoms with Gasteiger partial charge in [-0.25, -0.2) is 8.42 Å². The van der Waals surface area contributed by atoms with Crippen LogP contribution in [0.5, 0.6) is 0 Å². The molecule has 1 heterocycles. The highest BCUT2D eigenvalue weighted by atomic mass is 35.5. The molecule has 0 saturated heterocycles. The molecule has 0 bridgehead atoms. The van der Waals surface area contributed by atoms with Crippen molar-refractivity contribution >= 4 is 38.5 Å². The van der Waals surface area contributed by atoms with Crippen LogP contribution in [0.2, 0.25) is 5.02 Å². The average molecular weight is 316 g/mol. The summed E-state index contributed by atoms with van der Waals surface area (Å²) in [4.78, 5) is 1.50. The normalized spacial score (nSPS) is 11.5. The molecule has 0 amide bonds. The predicted molar refractivity (Wildman–Crippen MR) is 80.8 cm³/mol. The Labute approximate surface area is 122 Å². The molecule has 3 nitrogen and oxygen atoms in total. The van der Waals surface area contributed by atoms with Crippen molar-refractivity contribution in [1.82, 2.24) is 0 Å². The fraction of sp³-hybridized carbons (Fsp3) is 0.231. The highest BCUT2D eigenvalue weighted by Crippen LogP contribution is 2.21. The lowest BCUT2D eigenvalue weighted by atomic mass is 10.3. The van der Waals surface area contributed by atoms with Gasteiger partial charge in [0.25, 0.3) is 0 Å². The van der Waals surface area contributed by atoms with Gasteiger partial charge in [-0.2, -0.15) is 0 Å². The number of rotatable bonds is 5. The quantitative estimate of drug-likeness (QED) is 0.912. The Kier molecular flexibility index (Phi) is 4.50. The van der Waals surface area contributed by atoms with E-state index in [1.165, 1.54) is 0 Å². The summed E-state index contributed by atoms with van der Waals surface area (Å²) in [5.41, 5.74) is 0.888. The van der Waals surface area contributed by atoms with E-state index >= 15 is 0 Å². The molecule has 19 heavy (non-hydrogen) atoms. The Morgan fingerprint density at radius 1 is 1.26 bits per heavy atom. The van der Waals surface area contributed by atoms with E-state index in [0.29, 0.717) is 11.4 Å². The zero-order chi connectivity index (χ0) is 13.9. The van der Waals surface area contributed by atoms with E-state index in [0.717, 1.165) is 15.6 Å². The van der Waals surface area contributed by atoms with Crippen LogP contribution in [0.15, 0.2) is 40.6 Å². The van der Waals surface area contributed by atoms with E-state index in [2.05, 4.69) is 5.32 Å². The Morgan fingerprint density at radius 2 is 1.95 bits per heavy atom. The van der Waals surface area contributed by atoms with Crippen molar-refractivity contribution in [2.24, 2.45) is 0 Å². The molecule has 0 aliphatic carbocycles. The molecule has 102 valence electrons.